The van der Waals surface area contributed by atoms with Crippen molar-refractivity contribution in [1.82, 2.24) is 0 Å². The Hall–Kier alpha value is 0.350. The van der Waals surface area contributed by atoms with Gasteiger partial charge in [0.05, 0.1) is 0 Å². The molecule has 0 unspecified atom stereocenters. The van der Waals surface area contributed by atoms with E-state index in [2.05, 4.69) is 33.4 Å². The Kier molecular flexibility index (Phi) is 7.93. The molecule has 0 saturated carbocycles. The molecule has 0 heterocycles. The molecule has 0 atom stereocenters. The molecule has 0 aromatic rings. The van der Waals surface area contributed by atoms with Crippen LogP contribution in [0.15, 0.2) is 0 Å². The van der Waals surface area contributed by atoms with Gasteiger partial charge in [-0.15, -0.1) is 0 Å². The average molecular weight is 202 g/mol. The molecule has 0 spiro atoms. The fourth-order valence-corrected chi connectivity index (χ4v) is 2.09. The van der Waals surface area contributed by atoms with Gasteiger partial charge < -0.3 is 0 Å². The second kappa shape index (κ2) is 7.73. The zero-order chi connectivity index (χ0) is 10.2. The highest BCUT2D eigenvalue weighted by atomic mass is 32.1. The normalized spacial score (nSPS) is 12.0. The number of unbranched alkanes of at least 4 members (excludes halogenated alkanes) is 3. The highest BCUT2D eigenvalue weighted by molar-refractivity contribution is 7.80. The van der Waals surface area contributed by atoms with E-state index in [-0.39, 0.29) is 0 Å². The van der Waals surface area contributed by atoms with Crippen LogP contribution in [0.3, 0.4) is 0 Å². The van der Waals surface area contributed by atoms with Crippen molar-refractivity contribution >= 4 is 12.6 Å². The van der Waals surface area contributed by atoms with Gasteiger partial charge in [-0.25, -0.2) is 0 Å². The summed E-state index contributed by atoms with van der Waals surface area (Å²) in [6.45, 7) is 7.08. The number of thiol groups is 1. The molecule has 0 rings (SSSR count). The monoisotopic (exact) mass is 202 g/mol. The Balaban J connectivity index is 3.29. The number of hydrogen-bond acceptors (Lipinski definition) is 1. The van der Waals surface area contributed by atoms with E-state index in [1.807, 2.05) is 0 Å². The van der Waals surface area contributed by atoms with Crippen LogP contribution in [-0.2, 0) is 0 Å². The molecule has 0 aliphatic carbocycles. The smallest absolute Gasteiger partial charge is 0.00979 e. The summed E-state index contributed by atoms with van der Waals surface area (Å²) in [6.07, 6.45) is 9.55. The first kappa shape index (κ1) is 13.4. The molecule has 0 saturated heterocycles. The van der Waals surface area contributed by atoms with Crippen LogP contribution in [0, 0.1) is 5.41 Å². The zero-order valence-electron chi connectivity index (χ0n) is 9.60. The minimum Gasteiger partial charge on any atom is -0.179 e. The first-order chi connectivity index (χ1) is 6.12. The van der Waals surface area contributed by atoms with Crippen LogP contribution in [0.1, 0.15) is 65.7 Å². The lowest BCUT2D eigenvalue weighted by atomic mass is 9.83. The first-order valence-corrected chi connectivity index (χ1v) is 6.36. The largest absolute Gasteiger partial charge is 0.179 e. The van der Waals surface area contributed by atoms with Crippen LogP contribution in [0.4, 0.5) is 0 Å². The van der Waals surface area contributed by atoms with E-state index in [4.69, 9.17) is 0 Å². The molecule has 80 valence electrons. The van der Waals surface area contributed by atoms with Crippen molar-refractivity contribution in [3.63, 3.8) is 0 Å². The Labute approximate surface area is 89.9 Å². The fourth-order valence-electron chi connectivity index (χ4n) is 1.87. The molecule has 13 heavy (non-hydrogen) atoms. The maximum Gasteiger partial charge on any atom is -0.00979 e. The molecule has 0 aliphatic heterocycles. The predicted molar refractivity (Wildman–Crippen MR) is 65.6 cm³/mol. The molecule has 0 nitrogen and oxygen atoms in total. The molecular weight excluding hydrogens is 176 g/mol. The van der Waals surface area contributed by atoms with E-state index in [1.54, 1.807) is 0 Å². The lowest BCUT2D eigenvalue weighted by Gasteiger charge is -2.23. The summed E-state index contributed by atoms with van der Waals surface area (Å²) < 4.78 is 0. The lowest BCUT2D eigenvalue weighted by Crippen LogP contribution is -2.10. The third-order valence-corrected chi connectivity index (χ3v) is 3.00. The van der Waals surface area contributed by atoms with Crippen LogP contribution >= 0.6 is 12.6 Å². The third kappa shape index (κ3) is 8.67. The van der Waals surface area contributed by atoms with Gasteiger partial charge in [-0.2, -0.15) is 12.6 Å². The fraction of sp³-hybridized carbons (Fsp3) is 1.00. The summed E-state index contributed by atoms with van der Waals surface area (Å²) in [7, 11) is 0. The quantitative estimate of drug-likeness (QED) is 0.428. The van der Waals surface area contributed by atoms with E-state index < -0.39 is 0 Å². The van der Waals surface area contributed by atoms with Crippen molar-refractivity contribution in [1.29, 1.82) is 0 Å². The van der Waals surface area contributed by atoms with Gasteiger partial charge in [-0.1, -0.05) is 46.5 Å². The number of rotatable bonds is 8. The summed E-state index contributed by atoms with van der Waals surface area (Å²) in [5.74, 6) is 1.05. The number of hydrogen-bond donors (Lipinski definition) is 1. The van der Waals surface area contributed by atoms with Gasteiger partial charge in [0.2, 0.25) is 0 Å². The van der Waals surface area contributed by atoms with E-state index in [1.165, 1.54) is 44.9 Å². The van der Waals surface area contributed by atoms with Crippen molar-refractivity contribution in [3.8, 4) is 0 Å². The SMILES string of the molecule is CCCC(C)(C)CCCCCCS. The van der Waals surface area contributed by atoms with Gasteiger partial charge >= 0.3 is 0 Å². The Morgan fingerprint density at radius 1 is 0.923 bits per heavy atom. The molecule has 0 N–H and O–H groups in total. The van der Waals surface area contributed by atoms with Crippen molar-refractivity contribution in [2.75, 3.05) is 5.75 Å². The summed E-state index contributed by atoms with van der Waals surface area (Å²) >= 11 is 4.21. The summed E-state index contributed by atoms with van der Waals surface area (Å²) in [5, 5.41) is 0. The molecule has 0 amide bonds. The van der Waals surface area contributed by atoms with Crippen molar-refractivity contribution in [3.05, 3.63) is 0 Å². The zero-order valence-corrected chi connectivity index (χ0v) is 10.5. The van der Waals surface area contributed by atoms with Crippen LogP contribution in [0.5, 0.6) is 0 Å². The second-order valence-electron chi connectivity index (χ2n) is 4.80. The predicted octanol–water partition coefficient (Wildman–Crippen LogP) is 4.69. The van der Waals surface area contributed by atoms with E-state index in [9.17, 15) is 0 Å². The van der Waals surface area contributed by atoms with Crippen LogP contribution < -0.4 is 0 Å². The molecule has 0 aliphatic rings. The van der Waals surface area contributed by atoms with Gasteiger partial charge in [-0.05, 0) is 30.4 Å². The Morgan fingerprint density at radius 3 is 2.08 bits per heavy atom. The van der Waals surface area contributed by atoms with Crippen molar-refractivity contribution in [2.45, 2.75) is 65.7 Å². The van der Waals surface area contributed by atoms with Gasteiger partial charge in [0.25, 0.3) is 0 Å². The third-order valence-electron chi connectivity index (χ3n) is 2.69. The van der Waals surface area contributed by atoms with E-state index in [0.717, 1.165) is 5.75 Å². The molecule has 0 fully saturated rings. The molecular formula is C12H26S. The van der Waals surface area contributed by atoms with E-state index in [0.29, 0.717) is 5.41 Å². The lowest BCUT2D eigenvalue weighted by molar-refractivity contribution is 0.291. The van der Waals surface area contributed by atoms with Gasteiger partial charge in [0.1, 0.15) is 0 Å². The first-order valence-electron chi connectivity index (χ1n) is 5.73. The minimum absolute atomic E-state index is 0.579. The van der Waals surface area contributed by atoms with Crippen LogP contribution in [-0.4, -0.2) is 5.75 Å². The maximum atomic E-state index is 4.21. The van der Waals surface area contributed by atoms with Gasteiger partial charge in [0, 0.05) is 0 Å². The molecule has 1 heteroatoms. The van der Waals surface area contributed by atoms with Crippen LogP contribution in [0.25, 0.3) is 0 Å². The standard InChI is InChI=1S/C12H26S/c1-4-9-12(2,3)10-7-5-6-8-11-13/h13H,4-11H2,1-3H3. The van der Waals surface area contributed by atoms with Gasteiger partial charge in [0.15, 0.2) is 0 Å². The van der Waals surface area contributed by atoms with Crippen molar-refractivity contribution in [2.24, 2.45) is 5.41 Å². The minimum atomic E-state index is 0.579. The molecule has 0 bridgehead atoms. The Morgan fingerprint density at radius 2 is 1.54 bits per heavy atom. The van der Waals surface area contributed by atoms with Crippen molar-refractivity contribution < 1.29 is 0 Å². The average Bonchev–Trinajstić information content (AvgIpc) is 2.04. The van der Waals surface area contributed by atoms with Gasteiger partial charge in [-0.3, -0.25) is 0 Å². The highest BCUT2D eigenvalue weighted by Crippen LogP contribution is 2.28. The molecule has 0 aromatic heterocycles. The summed E-state index contributed by atoms with van der Waals surface area (Å²) in [6, 6.07) is 0. The topological polar surface area (TPSA) is 0 Å². The highest BCUT2D eigenvalue weighted by Gasteiger charge is 2.15. The van der Waals surface area contributed by atoms with E-state index >= 15 is 0 Å². The molecule has 0 aromatic carbocycles. The maximum absolute atomic E-state index is 4.21. The Bertz CT molecular complexity index is 108. The second-order valence-corrected chi connectivity index (χ2v) is 5.25. The molecule has 0 radical (unpaired) electrons. The summed E-state index contributed by atoms with van der Waals surface area (Å²) in [5.41, 5.74) is 0.579. The van der Waals surface area contributed by atoms with Crippen LogP contribution in [0.2, 0.25) is 0 Å². The summed E-state index contributed by atoms with van der Waals surface area (Å²) in [4.78, 5) is 0.